The smallest absolute Gasteiger partial charge is 0.278 e. The minimum absolute atomic E-state index is 0.0360. The largest absolute Gasteiger partial charge is 0.495 e. The first-order valence-corrected chi connectivity index (χ1v) is 11.9. The molecule has 7 nitrogen and oxygen atoms in total. The molecule has 0 fully saturated rings. The van der Waals surface area contributed by atoms with Crippen LogP contribution in [-0.4, -0.2) is 29.7 Å². The maximum atomic E-state index is 12.8. The fourth-order valence-corrected chi connectivity index (χ4v) is 4.16. The number of nitrogens with one attached hydrogen (secondary N) is 2. The van der Waals surface area contributed by atoms with Crippen LogP contribution in [0.3, 0.4) is 0 Å². The van der Waals surface area contributed by atoms with E-state index in [0.717, 1.165) is 16.0 Å². The molecule has 10 heteroatoms. The number of anilines is 1. The number of benzene rings is 3. The Hall–Kier alpha value is -3.52. The van der Waals surface area contributed by atoms with Gasteiger partial charge in [-0.15, -0.1) is 0 Å². The van der Waals surface area contributed by atoms with Gasteiger partial charge in [-0.05, 0) is 53.6 Å². The number of hydrogen-bond donors (Lipinski definition) is 2. The number of hydrogen-bond acceptors (Lipinski definition) is 5. The number of rotatable bonds is 8. The Kier molecular flexibility index (Phi) is 7.84. The summed E-state index contributed by atoms with van der Waals surface area (Å²) in [7, 11) is 1.51. The highest BCUT2D eigenvalue weighted by Crippen LogP contribution is 2.28. The van der Waals surface area contributed by atoms with Crippen LogP contribution < -0.4 is 15.4 Å². The van der Waals surface area contributed by atoms with E-state index in [-0.39, 0.29) is 29.7 Å². The summed E-state index contributed by atoms with van der Waals surface area (Å²) in [6.07, 6.45) is 0. The Morgan fingerprint density at radius 3 is 2.19 bits per heavy atom. The average molecular weight is 545 g/mol. The fraction of sp³-hybridized carbons (Fsp3) is 0.115. The number of amides is 3. The molecule has 3 aromatic rings. The molecule has 0 saturated carbocycles. The molecule has 0 aliphatic carbocycles. The minimum atomic E-state index is -0.565. The second kappa shape index (κ2) is 11.0. The molecule has 1 aliphatic heterocycles. The monoisotopic (exact) mass is 543 g/mol. The maximum absolute atomic E-state index is 12.8. The van der Waals surface area contributed by atoms with E-state index in [1.54, 1.807) is 66.7 Å². The van der Waals surface area contributed by atoms with Crippen molar-refractivity contribution in [2.75, 3.05) is 12.4 Å². The van der Waals surface area contributed by atoms with Crippen molar-refractivity contribution in [3.63, 3.8) is 0 Å². The van der Waals surface area contributed by atoms with Crippen LogP contribution in [0.5, 0.6) is 5.75 Å². The number of carbonyl (C=O) groups is 3. The summed E-state index contributed by atoms with van der Waals surface area (Å²) < 4.78 is 5.11. The summed E-state index contributed by atoms with van der Waals surface area (Å²) in [5.74, 6) is -0.868. The third-order valence-corrected chi connectivity index (χ3v) is 6.36. The van der Waals surface area contributed by atoms with Crippen molar-refractivity contribution in [1.82, 2.24) is 10.2 Å². The number of carbonyl (C=O) groups excluding carboxylic acids is 3. The van der Waals surface area contributed by atoms with Gasteiger partial charge in [0.2, 0.25) is 0 Å². The second-order valence-corrected chi connectivity index (χ2v) is 9.09. The molecule has 0 aromatic heterocycles. The number of halogens is 3. The lowest BCUT2D eigenvalue weighted by Gasteiger charge is -2.15. The van der Waals surface area contributed by atoms with Gasteiger partial charge in [-0.3, -0.25) is 19.3 Å². The van der Waals surface area contributed by atoms with E-state index in [1.165, 1.54) is 7.11 Å². The SMILES string of the molecule is COc1ccc(NC(=O)c2ccc(CNC3=C(Cl)C(=O)N(Cc4ccc(Cl)cc4)C3=O)cc2)cc1Cl. The number of imide groups is 1. The molecule has 0 radical (unpaired) electrons. The first-order valence-electron chi connectivity index (χ1n) is 10.7. The summed E-state index contributed by atoms with van der Waals surface area (Å²) in [6, 6.07) is 18.6. The molecule has 0 atom stereocenters. The standard InChI is InChI=1S/C26H20Cl3N3O4/c1-36-21-11-10-19(12-20(21)28)31-24(33)17-6-2-15(3-7-17)13-30-23-22(29)25(34)32(26(23)35)14-16-4-8-18(27)9-5-16/h2-12,30H,13-14H2,1H3,(H,31,33). The molecular formula is C26H20Cl3N3O4. The van der Waals surface area contributed by atoms with Crippen LogP contribution in [0.15, 0.2) is 77.5 Å². The van der Waals surface area contributed by atoms with Crippen LogP contribution in [0.25, 0.3) is 0 Å². The lowest BCUT2D eigenvalue weighted by Crippen LogP contribution is -2.33. The van der Waals surface area contributed by atoms with Crippen LogP contribution in [0.1, 0.15) is 21.5 Å². The summed E-state index contributed by atoms with van der Waals surface area (Å²) in [5, 5.41) is 6.50. The second-order valence-electron chi connectivity index (χ2n) is 7.87. The molecule has 4 rings (SSSR count). The molecule has 184 valence electrons. The van der Waals surface area contributed by atoms with Crippen molar-refractivity contribution in [2.24, 2.45) is 0 Å². The van der Waals surface area contributed by atoms with Crippen LogP contribution in [0.2, 0.25) is 10.0 Å². The van der Waals surface area contributed by atoms with Crippen molar-refractivity contribution in [3.8, 4) is 5.75 Å². The minimum Gasteiger partial charge on any atom is -0.495 e. The number of nitrogens with zero attached hydrogens (tertiary/aromatic N) is 1. The highest BCUT2D eigenvalue weighted by atomic mass is 35.5. The van der Waals surface area contributed by atoms with E-state index >= 15 is 0 Å². The third-order valence-electron chi connectivity index (χ3n) is 5.46. The van der Waals surface area contributed by atoms with E-state index in [0.29, 0.717) is 27.0 Å². The molecule has 0 spiro atoms. The molecule has 0 bridgehead atoms. The van der Waals surface area contributed by atoms with Gasteiger partial charge in [-0.1, -0.05) is 59.1 Å². The molecule has 0 unspecified atom stereocenters. The van der Waals surface area contributed by atoms with Gasteiger partial charge in [0.1, 0.15) is 16.5 Å². The summed E-state index contributed by atoms with van der Waals surface area (Å²) in [6.45, 7) is 0.314. The van der Waals surface area contributed by atoms with Crippen molar-refractivity contribution in [3.05, 3.63) is 104 Å². The highest BCUT2D eigenvalue weighted by Gasteiger charge is 2.37. The van der Waals surface area contributed by atoms with Crippen LogP contribution in [-0.2, 0) is 22.7 Å². The average Bonchev–Trinajstić information content (AvgIpc) is 3.07. The zero-order valence-electron chi connectivity index (χ0n) is 19.0. The molecule has 3 aromatic carbocycles. The Morgan fingerprint density at radius 2 is 1.56 bits per heavy atom. The van der Waals surface area contributed by atoms with E-state index in [2.05, 4.69) is 10.6 Å². The van der Waals surface area contributed by atoms with Gasteiger partial charge in [0.25, 0.3) is 17.7 Å². The van der Waals surface area contributed by atoms with E-state index in [1.807, 2.05) is 0 Å². The summed E-state index contributed by atoms with van der Waals surface area (Å²) in [4.78, 5) is 39.0. The van der Waals surface area contributed by atoms with Crippen LogP contribution >= 0.6 is 34.8 Å². The van der Waals surface area contributed by atoms with E-state index in [4.69, 9.17) is 39.5 Å². The molecule has 3 amide bonds. The molecule has 0 saturated heterocycles. The van der Waals surface area contributed by atoms with Crippen molar-refractivity contribution >= 4 is 58.2 Å². The quantitative estimate of drug-likeness (QED) is 0.373. The fourth-order valence-electron chi connectivity index (χ4n) is 3.53. The van der Waals surface area contributed by atoms with E-state index in [9.17, 15) is 14.4 Å². The highest BCUT2D eigenvalue weighted by molar-refractivity contribution is 6.47. The van der Waals surface area contributed by atoms with Gasteiger partial charge in [0, 0.05) is 22.8 Å². The normalized spacial score (nSPS) is 13.3. The Morgan fingerprint density at radius 1 is 0.889 bits per heavy atom. The Bertz CT molecular complexity index is 1360. The maximum Gasteiger partial charge on any atom is 0.278 e. The molecule has 1 heterocycles. The van der Waals surface area contributed by atoms with Gasteiger partial charge in [0.05, 0.1) is 18.7 Å². The summed E-state index contributed by atoms with van der Waals surface area (Å²) in [5.41, 5.74) is 2.54. The van der Waals surface area contributed by atoms with Gasteiger partial charge >= 0.3 is 0 Å². The Labute approximate surface area is 222 Å². The van der Waals surface area contributed by atoms with Crippen LogP contribution in [0, 0.1) is 0 Å². The predicted molar refractivity (Wildman–Crippen MR) is 139 cm³/mol. The first-order chi connectivity index (χ1) is 17.3. The molecule has 36 heavy (non-hydrogen) atoms. The predicted octanol–water partition coefficient (Wildman–Crippen LogP) is 5.36. The van der Waals surface area contributed by atoms with Gasteiger partial charge in [-0.25, -0.2) is 0 Å². The first kappa shape index (κ1) is 25.6. The molecule has 1 aliphatic rings. The topological polar surface area (TPSA) is 87.7 Å². The summed E-state index contributed by atoms with van der Waals surface area (Å²) >= 11 is 18.2. The van der Waals surface area contributed by atoms with Crippen molar-refractivity contribution in [1.29, 1.82) is 0 Å². The molecular weight excluding hydrogens is 525 g/mol. The third kappa shape index (κ3) is 5.65. The van der Waals surface area contributed by atoms with Gasteiger partial charge in [-0.2, -0.15) is 0 Å². The molecule has 2 N–H and O–H groups in total. The van der Waals surface area contributed by atoms with Crippen molar-refractivity contribution in [2.45, 2.75) is 13.1 Å². The lowest BCUT2D eigenvalue weighted by atomic mass is 10.1. The zero-order chi connectivity index (χ0) is 25.8. The van der Waals surface area contributed by atoms with Gasteiger partial charge < -0.3 is 15.4 Å². The Balaban J connectivity index is 1.36. The van der Waals surface area contributed by atoms with Crippen LogP contribution in [0.4, 0.5) is 5.69 Å². The lowest BCUT2D eigenvalue weighted by molar-refractivity contribution is -0.138. The van der Waals surface area contributed by atoms with E-state index < -0.39 is 11.8 Å². The van der Waals surface area contributed by atoms with Crippen molar-refractivity contribution < 1.29 is 19.1 Å². The van der Waals surface area contributed by atoms with Gasteiger partial charge in [0.15, 0.2) is 0 Å². The zero-order valence-corrected chi connectivity index (χ0v) is 21.2. The number of ether oxygens (including phenoxy) is 1. The number of methoxy groups -OCH3 is 1.